The lowest BCUT2D eigenvalue weighted by molar-refractivity contribution is -0.143. The highest BCUT2D eigenvalue weighted by Gasteiger charge is 2.30. The van der Waals surface area contributed by atoms with E-state index in [0.717, 1.165) is 12.8 Å². The van der Waals surface area contributed by atoms with Gasteiger partial charge >= 0.3 is 0 Å². The van der Waals surface area contributed by atoms with Gasteiger partial charge in [-0.2, -0.15) is 0 Å². The number of para-hydroxylation sites is 1. The van der Waals surface area contributed by atoms with Crippen LogP contribution in [0.2, 0.25) is 15.1 Å². The molecule has 2 amide bonds. The van der Waals surface area contributed by atoms with Gasteiger partial charge in [-0.25, -0.2) is 0 Å². The van der Waals surface area contributed by atoms with Crippen LogP contribution in [0.4, 0.5) is 0 Å². The predicted molar refractivity (Wildman–Crippen MR) is 126 cm³/mol. The van der Waals surface area contributed by atoms with E-state index in [1.807, 2.05) is 13.8 Å². The van der Waals surface area contributed by atoms with Gasteiger partial charge < -0.3 is 15.0 Å². The normalized spacial score (nSPS) is 11.6. The van der Waals surface area contributed by atoms with Gasteiger partial charge in [0, 0.05) is 28.7 Å². The SMILES string of the molecule is CCCCNC(=O)[C@@H](CC)N(Cc1c(Cl)cccc1Cl)C(=O)COc1ccccc1Cl. The third-order valence-electron chi connectivity index (χ3n) is 4.79. The number of nitrogens with one attached hydrogen (secondary N) is 1. The fourth-order valence-corrected chi connectivity index (χ4v) is 3.77. The Morgan fingerprint density at radius 1 is 1.00 bits per heavy atom. The fourth-order valence-electron chi connectivity index (χ4n) is 3.06. The molecule has 0 aliphatic heterocycles. The topological polar surface area (TPSA) is 58.6 Å². The summed E-state index contributed by atoms with van der Waals surface area (Å²) in [7, 11) is 0. The number of carbonyl (C=O) groups is 2. The molecule has 2 rings (SSSR count). The third-order valence-corrected chi connectivity index (χ3v) is 5.81. The molecule has 0 heterocycles. The molecule has 0 bridgehead atoms. The van der Waals surface area contributed by atoms with Crippen molar-refractivity contribution < 1.29 is 14.3 Å². The van der Waals surface area contributed by atoms with Crippen LogP contribution in [0.15, 0.2) is 42.5 Å². The first-order chi connectivity index (χ1) is 14.9. The van der Waals surface area contributed by atoms with E-state index in [1.54, 1.807) is 42.5 Å². The molecular formula is C23H27Cl3N2O3. The molecule has 0 radical (unpaired) electrons. The van der Waals surface area contributed by atoms with Crippen LogP contribution in [0.5, 0.6) is 5.75 Å². The van der Waals surface area contributed by atoms with Crippen molar-refractivity contribution in [2.24, 2.45) is 0 Å². The number of nitrogens with zero attached hydrogens (tertiary/aromatic N) is 1. The van der Waals surface area contributed by atoms with Crippen molar-refractivity contribution in [3.63, 3.8) is 0 Å². The minimum absolute atomic E-state index is 0.0862. The standard InChI is InChI=1S/C23H27Cl3N2O3/c1-3-5-13-27-23(30)20(4-2)28(14-16-17(24)10-8-11-18(16)25)22(29)15-31-21-12-7-6-9-19(21)26/h6-12,20H,3-5,13-15H2,1-2H3,(H,27,30)/t20-/m1/s1. The van der Waals surface area contributed by atoms with Gasteiger partial charge in [-0.3, -0.25) is 9.59 Å². The van der Waals surface area contributed by atoms with E-state index in [-0.39, 0.29) is 25.0 Å². The Hall–Kier alpha value is -1.95. The average Bonchev–Trinajstić information content (AvgIpc) is 2.75. The second-order valence-corrected chi connectivity index (χ2v) is 8.23. The van der Waals surface area contributed by atoms with Gasteiger partial charge in [-0.15, -0.1) is 0 Å². The summed E-state index contributed by atoms with van der Waals surface area (Å²) < 4.78 is 5.63. The highest BCUT2D eigenvalue weighted by atomic mass is 35.5. The van der Waals surface area contributed by atoms with Crippen LogP contribution in [0.25, 0.3) is 0 Å². The molecule has 31 heavy (non-hydrogen) atoms. The van der Waals surface area contributed by atoms with Gasteiger partial charge in [0.1, 0.15) is 11.8 Å². The first-order valence-corrected chi connectivity index (χ1v) is 11.4. The number of hydrogen-bond donors (Lipinski definition) is 1. The third kappa shape index (κ3) is 7.30. The molecule has 0 aliphatic rings. The van der Waals surface area contributed by atoms with E-state index in [1.165, 1.54) is 4.90 Å². The first kappa shape index (κ1) is 25.3. The van der Waals surface area contributed by atoms with Gasteiger partial charge in [-0.05, 0) is 37.1 Å². The number of unbranched alkanes of at least 4 members (excludes halogenated alkanes) is 1. The van der Waals surface area contributed by atoms with Crippen LogP contribution in [-0.4, -0.2) is 35.9 Å². The van der Waals surface area contributed by atoms with Gasteiger partial charge in [0.15, 0.2) is 6.61 Å². The lowest BCUT2D eigenvalue weighted by Gasteiger charge is -2.31. The minimum atomic E-state index is -0.688. The van der Waals surface area contributed by atoms with Crippen molar-refractivity contribution in [1.82, 2.24) is 10.2 Å². The predicted octanol–water partition coefficient (Wildman–Crippen LogP) is 5.75. The molecule has 0 fully saturated rings. The Labute approximate surface area is 198 Å². The highest BCUT2D eigenvalue weighted by Crippen LogP contribution is 2.27. The molecule has 5 nitrogen and oxygen atoms in total. The van der Waals surface area contributed by atoms with Crippen molar-refractivity contribution in [2.45, 2.75) is 45.7 Å². The number of amides is 2. The van der Waals surface area contributed by atoms with Crippen molar-refractivity contribution in [2.75, 3.05) is 13.2 Å². The number of hydrogen-bond acceptors (Lipinski definition) is 3. The number of halogens is 3. The molecule has 1 N–H and O–H groups in total. The molecule has 8 heteroatoms. The number of carbonyl (C=O) groups excluding carboxylic acids is 2. The smallest absolute Gasteiger partial charge is 0.261 e. The molecule has 2 aromatic rings. The number of benzene rings is 2. The zero-order chi connectivity index (χ0) is 22.8. The highest BCUT2D eigenvalue weighted by molar-refractivity contribution is 6.36. The van der Waals surface area contributed by atoms with Crippen molar-refractivity contribution in [3.8, 4) is 5.75 Å². The summed E-state index contributed by atoms with van der Waals surface area (Å²) in [6.45, 7) is 4.27. The summed E-state index contributed by atoms with van der Waals surface area (Å²) in [6, 6.07) is 11.3. The molecule has 0 unspecified atom stereocenters. The zero-order valence-electron chi connectivity index (χ0n) is 17.7. The minimum Gasteiger partial charge on any atom is -0.482 e. The van der Waals surface area contributed by atoms with E-state index < -0.39 is 6.04 Å². The summed E-state index contributed by atoms with van der Waals surface area (Å²) >= 11 is 18.8. The second kappa shape index (κ2) is 12.8. The molecule has 0 saturated heterocycles. The van der Waals surface area contributed by atoms with Crippen molar-refractivity contribution in [3.05, 3.63) is 63.1 Å². The summed E-state index contributed by atoms with van der Waals surface area (Å²) in [5, 5.41) is 4.17. The quantitative estimate of drug-likeness (QED) is 0.412. The van der Waals surface area contributed by atoms with Crippen LogP contribution in [-0.2, 0) is 16.1 Å². The van der Waals surface area contributed by atoms with Gasteiger partial charge in [0.25, 0.3) is 5.91 Å². The molecule has 0 saturated carbocycles. The molecular weight excluding hydrogens is 459 g/mol. The maximum Gasteiger partial charge on any atom is 0.261 e. The Balaban J connectivity index is 2.26. The molecule has 168 valence electrons. The van der Waals surface area contributed by atoms with Gasteiger partial charge in [0.05, 0.1) is 5.02 Å². The van der Waals surface area contributed by atoms with Crippen LogP contribution in [0.3, 0.4) is 0 Å². The van der Waals surface area contributed by atoms with E-state index in [4.69, 9.17) is 39.5 Å². The average molecular weight is 486 g/mol. The molecule has 0 spiro atoms. The summed E-state index contributed by atoms with van der Waals surface area (Å²) in [4.78, 5) is 27.5. The maximum absolute atomic E-state index is 13.2. The molecule has 0 aliphatic carbocycles. The lowest BCUT2D eigenvalue weighted by atomic mass is 10.1. The van der Waals surface area contributed by atoms with Crippen molar-refractivity contribution >= 4 is 46.6 Å². The van der Waals surface area contributed by atoms with Crippen LogP contribution in [0, 0.1) is 0 Å². The monoisotopic (exact) mass is 484 g/mol. The largest absolute Gasteiger partial charge is 0.482 e. The van der Waals surface area contributed by atoms with Crippen LogP contribution >= 0.6 is 34.8 Å². The summed E-state index contributed by atoms with van der Waals surface area (Å²) in [6.07, 6.45) is 2.25. The van der Waals surface area contributed by atoms with E-state index in [2.05, 4.69) is 5.32 Å². The molecule has 1 atom stereocenters. The van der Waals surface area contributed by atoms with E-state index in [9.17, 15) is 9.59 Å². The second-order valence-electron chi connectivity index (χ2n) is 7.01. The number of rotatable bonds is 11. The Bertz CT molecular complexity index is 872. The van der Waals surface area contributed by atoms with E-state index >= 15 is 0 Å². The Morgan fingerprint density at radius 2 is 1.65 bits per heavy atom. The first-order valence-electron chi connectivity index (χ1n) is 10.3. The summed E-state index contributed by atoms with van der Waals surface area (Å²) in [5.41, 5.74) is 0.580. The number of ether oxygens (including phenoxy) is 1. The van der Waals surface area contributed by atoms with Gasteiger partial charge in [-0.1, -0.05) is 73.3 Å². The summed E-state index contributed by atoms with van der Waals surface area (Å²) in [5.74, 6) is -0.188. The fraction of sp³-hybridized carbons (Fsp3) is 0.391. The maximum atomic E-state index is 13.2. The van der Waals surface area contributed by atoms with Gasteiger partial charge in [0.2, 0.25) is 5.91 Å². The van der Waals surface area contributed by atoms with E-state index in [0.29, 0.717) is 39.3 Å². The molecule has 2 aromatic carbocycles. The molecule has 0 aromatic heterocycles. The van der Waals surface area contributed by atoms with Crippen LogP contribution < -0.4 is 10.1 Å². The lowest BCUT2D eigenvalue weighted by Crippen LogP contribution is -2.50. The Kier molecular flexibility index (Phi) is 10.4. The van der Waals surface area contributed by atoms with Crippen molar-refractivity contribution in [1.29, 1.82) is 0 Å². The zero-order valence-corrected chi connectivity index (χ0v) is 19.9. The van der Waals surface area contributed by atoms with Crippen LogP contribution in [0.1, 0.15) is 38.7 Å². The Morgan fingerprint density at radius 3 is 2.26 bits per heavy atom.